The van der Waals surface area contributed by atoms with Crippen molar-refractivity contribution in [3.05, 3.63) is 41.0 Å². The lowest BCUT2D eigenvalue weighted by Crippen LogP contribution is -2.72. The zero-order chi connectivity index (χ0) is 39.4. The normalized spacial score (nSPS) is 15.5. The van der Waals surface area contributed by atoms with Crippen molar-refractivity contribution in [2.24, 2.45) is 0 Å². The molecule has 0 spiro atoms. The number of aryl methyl sites for hydroxylation is 1. The van der Waals surface area contributed by atoms with Gasteiger partial charge in [-0.3, -0.25) is 0 Å². The summed E-state index contributed by atoms with van der Waals surface area (Å²) < 4.78 is 64.2. The Labute approximate surface area is 320 Å². The van der Waals surface area contributed by atoms with Gasteiger partial charge < -0.3 is 37.0 Å². The number of hydrogen-bond acceptors (Lipinski definition) is 9. The first kappa shape index (κ1) is 48.8. The average molecular weight is 872 g/mol. The Morgan fingerprint density at radius 1 is 0.500 bits per heavy atom. The molecule has 19 heteroatoms. The van der Waals surface area contributed by atoms with Crippen molar-refractivity contribution < 1.29 is 37.0 Å². The maximum Gasteiger partial charge on any atom is 0.640 e. The fourth-order valence-corrected chi connectivity index (χ4v) is 37.5. The van der Waals surface area contributed by atoms with E-state index in [4.69, 9.17) is 37.0 Å². The molecule has 0 radical (unpaired) electrons. The van der Waals surface area contributed by atoms with Gasteiger partial charge in [0.05, 0.1) is 0 Å². The summed E-state index contributed by atoms with van der Waals surface area (Å²) in [6, 6.07) is 8.98. The molecule has 0 heterocycles. The van der Waals surface area contributed by atoms with Crippen molar-refractivity contribution >= 4 is 92.9 Å². The summed E-state index contributed by atoms with van der Waals surface area (Å²) in [4.78, 5) is 0. The summed E-state index contributed by atoms with van der Waals surface area (Å²) in [6.45, 7) is 45.3. The minimum atomic E-state index is -3.91. The van der Waals surface area contributed by atoms with Crippen LogP contribution in [0, 0.1) is 6.92 Å². The highest BCUT2D eigenvalue weighted by Gasteiger charge is 2.66. The van der Waals surface area contributed by atoms with E-state index in [0.29, 0.717) is 23.0 Å². The second kappa shape index (κ2) is 17.7. The van der Waals surface area contributed by atoms with E-state index in [0.717, 1.165) is 0 Å². The van der Waals surface area contributed by atoms with Crippen molar-refractivity contribution in [1.82, 2.24) is 0 Å². The van der Waals surface area contributed by atoms with E-state index >= 15 is 0 Å². The highest BCUT2D eigenvalue weighted by Crippen LogP contribution is 2.38. The summed E-state index contributed by atoms with van der Waals surface area (Å²) in [5.41, 5.74) is 4.93. The van der Waals surface area contributed by atoms with Gasteiger partial charge in [0.2, 0.25) is 0 Å². The number of benzene rings is 1. The molecule has 0 aliphatic rings. The fourth-order valence-electron chi connectivity index (χ4n) is 4.94. The van der Waals surface area contributed by atoms with E-state index in [2.05, 4.69) is 163 Å². The second-order valence-electron chi connectivity index (χ2n) is 19.1. The van der Waals surface area contributed by atoms with Crippen molar-refractivity contribution in [2.75, 3.05) is 0 Å². The number of allylic oxidation sites excluding steroid dienone is 2. The Kier molecular flexibility index (Phi) is 17.3. The molecule has 0 amide bonds. The number of rotatable bonds is 21. The quantitative estimate of drug-likeness (QED) is 0.112. The third kappa shape index (κ3) is 18.9. The van der Waals surface area contributed by atoms with Gasteiger partial charge in [-0.05, 0) is 162 Å². The van der Waals surface area contributed by atoms with Gasteiger partial charge in [-0.2, -0.15) is 0 Å². The fraction of sp³-hybridized carbons (Fsp3) is 0.742. The van der Waals surface area contributed by atoms with E-state index < -0.39 is 76.8 Å². The summed E-state index contributed by atoms with van der Waals surface area (Å²) in [5, 5.41) is 0. The first-order chi connectivity index (χ1) is 22.0. The summed E-state index contributed by atoms with van der Waals surface area (Å²) in [6.07, 6.45) is 0.670. The highest BCUT2D eigenvalue weighted by atomic mass is 28.6. The molecule has 292 valence electrons. The van der Waals surface area contributed by atoms with E-state index in [1.807, 2.05) is 0 Å². The third-order valence-corrected chi connectivity index (χ3v) is 35.0. The molecule has 0 atom stereocenters. The van der Waals surface area contributed by atoms with Crippen molar-refractivity contribution in [3.63, 3.8) is 0 Å². The zero-order valence-corrected chi connectivity index (χ0v) is 46.9. The van der Waals surface area contributed by atoms with Crippen LogP contribution >= 0.6 is 0 Å². The Morgan fingerprint density at radius 3 is 1.06 bits per heavy atom. The molecule has 0 fully saturated rings. The summed E-state index contributed by atoms with van der Waals surface area (Å²) in [5.74, 6) is 0. The van der Waals surface area contributed by atoms with Crippen LogP contribution in [0.3, 0.4) is 0 Å². The van der Waals surface area contributed by atoms with E-state index in [-0.39, 0.29) is 0 Å². The minimum absolute atomic E-state index is 0.339. The molecule has 0 saturated carbocycles. The summed E-state index contributed by atoms with van der Waals surface area (Å²) >= 11 is 0. The molecule has 50 heavy (non-hydrogen) atoms. The van der Waals surface area contributed by atoms with Crippen molar-refractivity contribution in [2.45, 2.75) is 151 Å². The van der Waals surface area contributed by atoms with E-state index in [9.17, 15) is 0 Å². The predicted octanol–water partition coefficient (Wildman–Crippen LogP) is 9.43. The van der Waals surface area contributed by atoms with E-state index in [1.165, 1.54) is 22.3 Å². The molecule has 0 bridgehead atoms. The van der Waals surface area contributed by atoms with Crippen molar-refractivity contribution in [1.29, 1.82) is 0 Å². The molecule has 0 aliphatic heterocycles. The molecule has 1 aromatic rings. The van der Waals surface area contributed by atoms with Gasteiger partial charge in [-0.1, -0.05) is 29.8 Å². The Hall–Kier alpha value is 0.769. The maximum absolute atomic E-state index is 7.49. The summed E-state index contributed by atoms with van der Waals surface area (Å²) in [7, 11) is -25.2. The van der Waals surface area contributed by atoms with Crippen LogP contribution < -0.4 is 0 Å². The van der Waals surface area contributed by atoms with Crippen LogP contribution in [0.5, 0.6) is 0 Å². The molecule has 1 rings (SSSR count). The lowest BCUT2D eigenvalue weighted by Gasteiger charge is -2.48. The Morgan fingerprint density at radius 2 is 0.800 bits per heavy atom. The lowest BCUT2D eigenvalue weighted by molar-refractivity contribution is 0.0733. The van der Waals surface area contributed by atoms with Crippen LogP contribution in [-0.2, 0) is 37.0 Å². The molecule has 0 N–H and O–H groups in total. The van der Waals surface area contributed by atoms with Crippen LogP contribution in [0.4, 0.5) is 0 Å². The van der Waals surface area contributed by atoms with Gasteiger partial charge in [0.25, 0.3) is 0 Å². The first-order valence-electron chi connectivity index (χ1n) is 17.9. The second-order valence-corrected chi connectivity index (χ2v) is 56.5. The lowest BCUT2D eigenvalue weighted by atomic mass is 9.97. The van der Waals surface area contributed by atoms with Crippen LogP contribution in [0.25, 0.3) is 5.57 Å². The monoisotopic (exact) mass is 870 g/mol. The SMILES string of the molecule is CC(CC[Si](O[SiH3])(O[Si](O[Si](C)(C)C)(O[Si](C)(C)C)O[Si](C)(C)C)O[Si](O[Si](C)(C)C)(O[Si](C)(C)C)O[Si](C)(C)C)=C(C)c1ccccc1C. The van der Waals surface area contributed by atoms with Gasteiger partial charge >= 0.3 is 26.9 Å². The molecule has 0 aliphatic carbocycles. The van der Waals surface area contributed by atoms with Crippen LogP contribution in [-0.4, -0.2) is 87.3 Å². The topological polar surface area (TPSA) is 83.1 Å². The largest absolute Gasteiger partial charge is 0.640 e. The molecule has 9 nitrogen and oxygen atoms in total. The van der Waals surface area contributed by atoms with Gasteiger partial charge in [0.1, 0.15) is 10.5 Å². The standard InChI is InChI=1S/C31H74O9Si10/c1-28(30(3)31-25-23-22-24-29(31)2)26-27-48(32-41,39-49(33-42(4,5)6,34-43(7,8)9)35-44(10,11)12)40-50(36-45(13,14)15,37-46(16,17)18)38-47(19,20)21/h22-25H,26-27H2,1-21,41H3. The highest BCUT2D eigenvalue weighted by molar-refractivity contribution is 6.94. The smallest absolute Gasteiger partial charge is 0.425 e. The molecule has 1 aromatic carbocycles. The molecular weight excluding hydrogens is 797 g/mol. The van der Waals surface area contributed by atoms with E-state index in [1.54, 1.807) is 0 Å². The van der Waals surface area contributed by atoms with Gasteiger partial charge in [-0.15, -0.1) is 0 Å². The first-order valence-corrected chi connectivity index (χ1v) is 44.4. The molecular formula is C31H74O9Si10. The van der Waals surface area contributed by atoms with Crippen molar-refractivity contribution in [3.8, 4) is 0 Å². The van der Waals surface area contributed by atoms with Gasteiger partial charge in [0, 0.05) is 6.04 Å². The number of hydrogen-bond donors (Lipinski definition) is 0. The third-order valence-electron chi connectivity index (χ3n) is 6.45. The predicted molar refractivity (Wildman–Crippen MR) is 236 cm³/mol. The van der Waals surface area contributed by atoms with Gasteiger partial charge in [-0.25, -0.2) is 0 Å². The van der Waals surface area contributed by atoms with Crippen LogP contribution in [0.2, 0.25) is 124 Å². The molecule has 0 saturated heterocycles. The Bertz CT molecular complexity index is 1130. The van der Waals surface area contributed by atoms with Gasteiger partial charge in [0.15, 0.2) is 49.9 Å². The molecule has 0 aromatic heterocycles. The van der Waals surface area contributed by atoms with Crippen LogP contribution in [0.15, 0.2) is 29.8 Å². The average Bonchev–Trinajstić information content (AvgIpc) is 2.80. The minimum Gasteiger partial charge on any atom is -0.425 e. The zero-order valence-electron chi connectivity index (χ0n) is 35.9. The van der Waals surface area contributed by atoms with Crippen LogP contribution in [0.1, 0.15) is 31.4 Å². The Balaban J connectivity index is 4.24. The maximum atomic E-state index is 7.49. The molecule has 0 unspecified atom stereocenters.